The monoisotopic (exact) mass is 397 g/mol. The zero-order chi connectivity index (χ0) is 17.0. The van der Waals surface area contributed by atoms with Gasteiger partial charge in [0.05, 0.1) is 4.90 Å². The number of likely N-dealkylation sites (N-methyl/N-ethyl adjacent to an activating group) is 1. The van der Waals surface area contributed by atoms with Crippen LogP contribution in [0.25, 0.3) is 0 Å². The summed E-state index contributed by atoms with van der Waals surface area (Å²) in [6.45, 7) is 4.47. The van der Waals surface area contributed by atoms with Crippen molar-refractivity contribution >= 4 is 26.0 Å². The summed E-state index contributed by atoms with van der Waals surface area (Å²) in [5, 5.41) is 0. The molecule has 0 aliphatic rings. The number of nitrogens with zero attached hydrogens (tertiary/aromatic N) is 1. The minimum atomic E-state index is -3.54. The van der Waals surface area contributed by atoms with Crippen molar-refractivity contribution in [2.75, 3.05) is 20.2 Å². The van der Waals surface area contributed by atoms with Gasteiger partial charge in [0.15, 0.2) is 0 Å². The number of halogens is 1. The second-order valence-electron chi connectivity index (χ2n) is 5.43. The van der Waals surface area contributed by atoms with E-state index in [2.05, 4.69) is 15.9 Å². The quantitative estimate of drug-likeness (QED) is 0.745. The lowest BCUT2D eigenvalue weighted by atomic mass is 10.2. The highest BCUT2D eigenvalue weighted by molar-refractivity contribution is 9.10. The maximum absolute atomic E-state index is 12.6. The Morgan fingerprint density at radius 1 is 1.09 bits per heavy atom. The summed E-state index contributed by atoms with van der Waals surface area (Å²) in [5.74, 6) is 0.743. The Hall–Kier alpha value is -1.37. The molecule has 0 fully saturated rings. The van der Waals surface area contributed by atoms with Gasteiger partial charge in [-0.25, -0.2) is 8.42 Å². The van der Waals surface area contributed by atoms with E-state index in [9.17, 15) is 8.42 Å². The van der Waals surface area contributed by atoms with Crippen molar-refractivity contribution in [3.8, 4) is 5.75 Å². The second-order valence-corrected chi connectivity index (χ2v) is 8.29. The van der Waals surface area contributed by atoms with E-state index in [4.69, 9.17) is 4.74 Å². The smallest absolute Gasteiger partial charge is 0.244 e. The Bertz CT molecular complexity index is 790. The number of rotatable bonds is 6. The highest BCUT2D eigenvalue weighted by Crippen LogP contribution is 2.25. The first-order valence-electron chi connectivity index (χ1n) is 7.22. The molecular formula is C17H20BrNO3S. The molecule has 0 unspecified atom stereocenters. The van der Waals surface area contributed by atoms with Crippen LogP contribution in [0.2, 0.25) is 0 Å². The number of sulfonamides is 1. The number of aryl methyl sites for hydroxylation is 2. The number of hydrogen-bond donors (Lipinski definition) is 0. The predicted molar refractivity (Wildman–Crippen MR) is 95.4 cm³/mol. The topological polar surface area (TPSA) is 46.6 Å². The third-order valence-corrected chi connectivity index (χ3v) is 6.27. The molecule has 0 radical (unpaired) electrons. The van der Waals surface area contributed by atoms with Crippen LogP contribution in [-0.4, -0.2) is 32.9 Å². The van der Waals surface area contributed by atoms with E-state index in [-0.39, 0.29) is 11.4 Å². The standard InChI is InChI=1S/C17H20BrNO3S/c1-13-5-4-6-15(11-13)22-10-9-19(3)23(20,21)17-8-7-14(2)12-16(17)18/h4-8,11-12H,9-10H2,1-3H3. The lowest BCUT2D eigenvalue weighted by Gasteiger charge is -2.18. The van der Waals surface area contributed by atoms with Crippen molar-refractivity contribution in [2.45, 2.75) is 18.7 Å². The Morgan fingerprint density at radius 2 is 1.78 bits per heavy atom. The van der Waals surface area contributed by atoms with E-state index in [1.54, 1.807) is 25.2 Å². The number of hydrogen-bond acceptors (Lipinski definition) is 3. The molecule has 2 aromatic carbocycles. The molecule has 0 aliphatic carbocycles. The van der Waals surface area contributed by atoms with Gasteiger partial charge in [0.2, 0.25) is 10.0 Å². The zero-order valence-electron chi connectivity index (χ0n) is 13.4. The summed E-state index contributed by atoms with van der Waals surface area (Å²) in [7, 11) is -1.99. The molecule has 4 nitrogen and oxygen atoms in total. The average Bonchev–Trinajstić information content (AvgIpc) is 2.46. The minimum absolute atomic E-state index is 0.265. The fourth-order valence-electron chi connectivity index (χ4n) is 2.10. The molecule has 0 saturated heterocycles. The van der Waals surface area contributed by atoms with E-state index < -0.39 is 10.0 Å². The first-order valence-corrected chi connectivity index (χ1v) is 9.46. The maximum Gasteiger partial charge on any atom is 0.244 e. The van der Waals surface area contributed by atoms with Gasteiger partial charge in [0, 0.05) is 18.1 Å². The molecule has 0 aliphatic heterocycles. The summed E-state index contributed by atoms with van der Waals surface area (Å²) in [6.07, 6.45) is 0. The van der Waals surface area contributed by atoms with Crippen LogP contribution in [0.15, 0.2) is 51.8 Å². The lowest BCUT2D eigenvalue weighted by Crippen LogP contribution is -2.31. The normalized spacial score (nSPS) is 11.7. The van der Waals surface area contributed by atoms with E-state index in [0.717, 1.165) is 16.9 Å². The SMILES string of the molecule is Cc1cccc(OCCN(C)S(=O)(=O)c2ccc(C)cc2Br)c1. The van der Waals surface area contributed by atoms with Crippen LogP contribution in [0.3, 0.4) is 0 Å². The molecule has 0 atom stereocenters. The van der Waals surface area contributed by atoms with Gasteiger partial charge in [0.25, 0.3) is 0 Å². The highest BCUT2D eigenvalue weighted by Gasteiger charge is 2.23. The predicted octanol–water partition coefficient (Wildman–Crippen LogP) is 3.77. The van der Waals surface area contributed by atoms with Crippen LogP contribution in [0.5, 0.6) is 5.75 Å². The summed E-state index contributed by atoms with van der Waals surface area (Å²) in [4.78, 5) is 0.265. The maximum atomic E-state index is 12.6. The average molecular weight is 398 g/mol. The van der Waals surface area contributed by atoms with Gasteiger partial charge >= 0.3 is 0 Å². The van der Waals surface area contributed by atoms with Crippen LogP contribution in [0, 0.1) is 13.8 Å². The summed E-state index contributed by atoms with van der Waals surface area (Å²) >= 11 is 3.33. The molecule has 0 aromatic heterocycles. The van der Waals surface area contributed by atoms with Crippen molar-refractivity contribution < 1.29 is 13.2 Å². The fraction of sp³-hybridized carbons (Fsp3) is 0.294. The fourth-order valence-corrected chi connectivity index (χ4v) is 4.40. The molecule has 0 bridgehead atoms. The third kappa shape index (κ3) is 4.56. The van der Waals surface area contributed by atoms with E-state index in [0.29, 0.717) is 11.1 Å². The zero-order valence-corrected chi connectivity index (χ0v) is 15.8. The van der Waals surface area contributed by atoms with E-state index in [1.807, 2.05) is 38.1 Å². The van der Waals surface area contributed by atoms with Crippen LogP contribution in [0.4, 0.5) is 0 Å². The molecule has 0 N–H and O–H groups in total. The van der Waals surface area contributed by atoms with Gasteiger partial charge in [0.1, 0.15) is 12.4 Å². The van der Waals surface area contributed by atoms with Gasteiger partial charge in [-0.05, 0) is 65.2 Å². The molecule has 2 rings (SSSR count). The molecule has 0 amide bonds. The minimum Gasteiger partial charge on any atom is -0.492 e. The molecule has 2 aromatic rings. The summed E-state index contributed by atoms with van der Waals surface area (Å²) < 4.78 is 32.7. The van der Waals surface area contributed by atoms with Crippen molar-refractivity contribution in [1.82, 2.24) is 4.31 Å². The summed E-state index contributed by atoms with van der Waals surface area (Å²) in [6, 6.07) is 12.9. The van der Waals surface area contributed by atoms with Crippen LogP contribution in [0.1, 0.15) is 11.1 Å². The largest absolute Gasteiger partial charge is 0.492 e. The molecule has 6 heteroatoms. The number of ether oxygens (including phenoxy) is 1. The van der Waals surface area contributed by atoms with Crippen molar-refractivity contribution in [2.24, 2.45) is 0 Å². The van der Waals surface area contributed by atoms with Crippen LogP contribution < -0.4 is 4.74 Å². The highest BCUT2D eigenvalue weighted by atomic mass is 79.9. The van der Waals surface area contributed by atoms with Crippen LogP contribution in [-0.2, 0) is 10.0 Å². The molecule has 23 heavy (non-hydrogen) atoms. The van der Waals surface area contributed by atoms with E-state index in [1.165, 1.54) is 4.31 Å². The van der Waals surface area contributed by atoms with Crippen molar-refractivity contribution in [1.29, 1.82) is 0 Å². The van der Waals surface area contributed by atoms with E-state index >= 15 is 0 Å². The van der Waals surface area contributed by atoms with Gasteiger partial charge in [-0.15, -0.1) is 0 Å². The molecule has 0 heterocycles. The van der Waals surface area contributed by atoms with Gasteiger partial charge in [-0.2, -0.15) is 4.31 Å². The van der Waals surface area contributed by atoms with Crippen LogP contribution >= 0.6 is 15.9 Å². The molecule has 0 spiro atoms. The summed E-state index contributed by atoms with van der Waals surface area (Å²) in [5.41, 5.74) is 2.10. The lowest BCUT2D eigenvalue weighted by molar-refractivity contribution is 0.286. The molecular weight excluding hydrogens is 378 g/mol. The van der Waals surface area contributed by atoms with Gasteiger partial charge in [-0.3, -0.25) is 0 Å². The first-order chi connectivity index (χ1) is 10.8. The molecule has 124 valence electrons. The van der Waals surface area contributed by atoms with Crippen molar-refractivity contribution in [3.63, 3.8) is 0 Å². The third-order valence-electron chi connectivity index (χ3n) is 3.44. The number of benzene rings is 2. The second kappa shape index (κ2) is 7.47. The Kier molecular flexibility index (Phi) is 5.84. The first kappa shape index (κ1) is 18.0. The Labute approximate surface area is 146 Å². The molecule has 0 saturated carbocycles. The Balaban J connectivity index is 2.03. The van der Waals surface area contributed by atoms with Gasteiger partial charge in [-0.1, -0.05) is 18.2 Å². The Morgan fingerprint density at radius 3 is 2.43 bits per heavy atom. The van der Waals surface area contributed by atoms with Gasteiger partial charge < -0.3 is 4.74 Å². The van der Waals surface area contributed by atoms with Crippen molar-refractivity contribution in [3.05, 3.63) is 58.1 Å².